The normalized spacial score (nSPS) is 10.5. The molecule has 0 aliphatic carbocycles. The molecule has 25 heavy (non-hydrogen) atoms. The molecule has 2 aromatic carbocycles. The third kappa shape index (κ3) is 4.81. The molecule has 1 aromatic heterocycles. The summed E-state index contributed by atoms with van der Waals surface area (Å²) < 4.78 is 5.63. The minimum Gasteiger partial charge on any atom is -0.421 e. The Morgan fingerprint density at radius 1 is 1.16 bits per heavy atom. The molecule has 3 aromatic rings. The number of carbonyl (C=O) groups excluding carboxylic acids is 1. The van der Waals surface area contributed by atoms with Crippen LogP contribution in [0.15, 0.2) is 52.9 Å². The molecule has 128 valence electrons. The molecule has 0 fully saturated rings. The van der Waals surface area contributed by atoms with Crippen LogP contribution < -0.4 is 10.6 Å². The minimum atomic E-state index is -0.305. The molecule has 0 spiro atoms. The maximum absolute atomic E-state index is 11.8. The standard InChI is InChI=1S/C18H17ClN4O2/c1-12-3-2-4-13(11-12)17-23-22-16(25-17)9-10-20-18(24)21-15-7-5-14(19)6-8-15/h2-8,11H,9-10H2,1H3,(H2,20,21,24). The van der Waals surface area contributed by atoms with E-state index in [0.29, 0.717) is 35.5 Å². The number of hydrogen-bond donors (Lipinski definition) is 2. The first-order valence-corrected chi connectivity index (χ1v) is 8.18. The van der Waals surface area contributed by atoms with E-state index in [4.69, 9.17) is 16.0 Å². The van der Waals surface area contributed by atoms with Crippen LogP contribution in [0.25, 0.3) is 11.5 Å². The number of hydrogen-bond acceptors (Lipinski definition) is 4. The van der Waals surface area contributed by atoms with Crippen LogP contribution >= 0.6 is 11.6 Å². The van der Waals surface area contributed by atoms with Gasteiger partial charge >= 0.3 is 6.03 Å². The molecule has 0 atom stereocenters. The van der Waals surface area contributed by atoms with Crippen molar-refractivity contribution in [2.75, 3.05) is 11.9 Å². The largest absolute Gasteiger partial charge is 0.421 e. The number of nitrogens with one attached hydrogen (secondary N) is 2. The van der Waals surface area contributed by atoms with Crippen LogP contribution in [0.4, 0.5) is 10.5 Å². The number of nitrogens with zero attached hydrogens (tertiary/aromatic N) is 2. The summed E-state index contributed by atoms with van der Waals surface area (Å²) in [6, 6.07) is 14.4. The van der Waals surface area contributed by atoms with Crippen LogP contribution in [-0.2, 0) is 6.42 Å². The molecule has 6 nitrogen and oxygen atoms in total. The summed E-state index contributed by atoms with van der Waals surface area (Å²) in [4.78, 5) is 11.8. The van der Waals surface area contributed by atoms with E-state index in [9.17, 15) is 4.79 Å². The number of aryl methyl sites for hydroxylation is 1. The van der Waals surface area contributed by atoms with Crippen LogP contribution in [0.2, 0.25) is 5.02 Å². The van der Waals surface area contributed by atoms with Crippen molar-refractivity contribution in [2.24, 2.45) is 0 Å². The van der Waals surface area contributed by atoms with Gasteiger partial charge in [0.2, 0.25) is 11.8 Å². The molecule has 0 radical (unpaired) electrons. The Labute approximate surface area is 150 Å². The van der Waals surface area contributed by atoms with E-state index in [2.05, 4.69) is 20.8 Å². The zero-order valence-electron chi connectivity index (χ0n) is 13.6. The topological polar surface area (TPSA) is 80.0 Å². The second-order valence-electron chi connectivity index (χ2n) is 5.51. The molecular formula is C18H17ClN4O2. The molecule has 7 heteroatoms. The summed E-state index contributed by atoms with van der Waals surface area (Å²) >= 11 is 5.80. The van der Waals surface area contributed by atoms with Gasteiger partial charge in [-0.05, 0) is 43.3 Å². The maximum atomic E-state index is 11.8. The number of urea groups is 1. The molecule has 2 amide bonds. The monoisotopic (exact) mass is 356 g/mol. The fourth-order valence-electron chi connectivity index (χ4n) is 2.24. The third-order valence-corrected chi connectivity index (χ3v) is 3.71. The predicted molar refractivity (Wildman–Crippen MR) is 96.6 cm³/mol. The van der Waals surface area contributed by atoms with E-state index in [0.717, 1.165) is 11.1 Å². The van der Waals surface area contributed by atoms with Crippen molar-refractivity contribution in [2.45, 2.75) is 13.3 Å². The van der Waals surface area contributed by atoms with E-state index in [-0.39, 0.29) is 6.03 Å². The lowest BCUT2D eigenvalue weighted by Crippen LogP contribution is -2.30. The quantitative estimate of drug-likeness (QED) is 0.722. The SMILES string of the molecule is Cc1cccc(-c2nnc(CCNC(=O)Nc3ccc(Cl)cc3)o2)c1. The Hall–Kier alpha value is -2.86. The van der Waals surface area contributed by atoms with E-state index in [1.165, 1.54) is 0 Å². The molecule has 0 bridgehead atoms. The van der Waals surface area contributed by atoms with Crippen molar-refractivity contribution >= 4 is 23.3 Å². The van der Waals surface area contributed by atoms with E-state index < -0.39 is 0 Å². The van der Waals surface area contributed by atoms with Gasteiger partial charge < -0.3 is 15.1 Å². The van der Waals surface area contributed by atoms with Gasteiger partial charge in [0.15, 0.2) is 0 Å². The lowest BCUT2D eigenvalue weighted by Gasteiger charge is -2.06. The smallest absolute Gasteiger partial charge is 0.319 e. The highest BCUT2D eigenvalue weighted by molar-refractivity contribution is 6.30. The zero-order chi connectivity index (χ0) is 17.6. The maximum Gasteiger partial charge on any atom is 0.319 e. The summed E-state index contributed by atoms with van der Waals surface area (Å²) in [5.41, 5.74) is 2.67. The Morgan fingerprint density at radius 3 is 2.72 bits per heavy atom. The lowest BCUT2D eigenvalue weighted by molar-refractivity contribution is 0.252. The second-order valence-corrected chi connectivity index (χ2v) is 5.94. The van der Waals surface area contributed by atoms with Crippen LogP contribution in [0.1, 0.15) is 11.5 Å². The van der Waals surface area contributed by atoms with Gasteiger partial charge in [-0.1, -0.05) is 29.3 Å². The predicted octanol–water partition coefficient (Wildman–Crippen LogP) is 4.06. The molecule has 0 aliphatic heterocycles. The summed E-state index contributed by atoms with van der Waals surface area (Å²) in [7, 11) is 0. The fraction of sp³-hybridized carbons (Fsp3) is 0.167. The van der Waals surface area contributed by atoms with Gasteiger partial charge in [-0.2, -0.15) is 0 Å². The van der Waals surface area contributed by atoms with Crippen molar-refractivity contribution in [3.05, 3.63) is 65.0 Å². The summed E-state index contributed by atoms with van der Waals surface area (Å²) in [5, 5.41) is 14.1. The number of amides is 2. The minimum absolute atomic E-state index is 0.305. The highest BCUT2D eigenvalue weighted by atomic mass is 35.5. The number of halogens is 1. The van der Waals surface area contributed by atoms with Crippen molar-refractivity contribution < 1.29 is 9.21 Å². The number of anilines is 1. The molecule has 3 rings (SSSR count). The van der Waals surface area contributed by atoms with Crippen molar-refractivity contribution in [1.82, 2.24) is 15.5 Å². The molecular weight excluding hydrogens is 340 g/mol. The molecule has 0 aliphatic rings. The van der Waals surface area contributed by atoms with Crippen LogP contribution in [0, 0.1) is 6.92 Å². The van der Waals surface area contributed by atoms with Crippen LogP contribution in [0.3, 0.4) is 0 Å². The van der Waals surface area contributed by atoms with Gasteiger partial charge in [-0.3, -0.25) is 0 Å². The fourth-order valence-corrected chi connectivity index (χ4v) is 2.37. The van der Waals surface area contributed by atoms with Gasteiger partial charge in [0.05, 0.1) is 0 Å². The number of carbonyl (C=O) groups is 1. The van der Waals surface area contributed by atoms with E-state index in [1.54, 1.807) is 24.3 Å². The zero-order valence-corrected chi connectivity index (χ0v) is 14.4. The van der Waals surface area contributed by atoms with Crippen LogP contribution in [0.5, 0.6) is 0 Å². The second kappa shape index (κ2) is 7.81. The summed E-state index contributed by atoms with van der Waals surface area (Å²) in [6.45, 7) is 2.39. The first-order valence-electron chi connectivity index (χ1n) is 7.80. The van der Waals surface area contributed by atoms with Crippen molar-refractivity contribution in [3.8, 4) is 11.5 Å². The first kappa shape index (κ1) is 17.0. The number of aromatic nitrogens is 2. The first-order chi connectivity index (χ1) is 12.1. The Kier molecular flexibility index (Phi) is 5.30. The summed E-state index contributed by atoms with van der Waals surface area (Å²) in [5.74, 6) is 0.951. The number of rotatable bonds is 5. The van der Waals surface area contributed by atoms with Gasteiger partial charge in [-0.15, -0.1) is 10.2 Å². The highest BCUT2D eigenvalue weighted by Crippen LogP contribution is 2.18. The van der Waals surface area contributed by atoms with Gasteiger partial charge in [0.1, 0.15) is 0 Å². The summed E-state index contributed by atoms with van der Waals surface area (Å²) in [6.07, 6.45) is 0.451. The molecule has 0 saturated carbocycles. The van der Waals surface area contributed by atoms with Gasteiger partial charge in [0.25, 0.3) is 0 Å². The molecule has 2 N–H and O–H groups in total. The third-order valence-electron chi connectivity index (χ3n) is 3.46. The average molecular weight is 357 g/mol. The Balaban J connectivity index is 1.49. The van der Waals surface area contributed by atoms with Gasteiger partial charge in [0, 0.05) is 29.2 Å². The highest BCUT2D eigenvalue weighted by Gasteiger charge is 2.09. The lowest BCUT2D eigenvalue weighted by atomic mass is 10.1. The Morgan fingerprint density at radius 2 is 1.96 bits per heavy atom. The van der Waals surface area contributed by atoms with E-state index >= 15 is 0 Å². The average Bonchev–Trinajstić information content (AvgIpc) is 3.06. The molecule has 0 unspecified atom stereocenters. The van der Waals surface area contributed by atoms with Crippen LogP contribution in [-0.4, -0.2) is 22.8 Å². The number of benzene rings is 2. The van der Waals surface area contributed by atoms with Crippen molar-refractivity contribution in [1.29, 1.82) is 0 Å². The Bertz CT molecular complexity index is 862. The van der Waals surface area contributed by atoms with E-state index in [1.807, 2.05) is 31.2 Å². The molecule has 1 heterocycles. The van der Waals surface area contributed by atoms with Gasteiger partial charge in [-0.25, -0.2) is 4.79 Å². The molecule has 0 saturated heterocycles. The van der Waals surface area contributed by atoms with Crippen molar-refractivity contribution in [3.63, 3.8) is 0 Å².